The molecule has 1 rings (SSSR count). The fraction of sp³-hybridized carbons (Fsp3) is 0.600. The van der Waals surface area contributed by atoms with Gasteiger partial charge in [0.15, 0.2) is 11.6 Å². The summed E-state index contributed by atoms with van der Waals surface area (Å²) in [4.78, 5) is -0.372. The molecule has 0 aliphatic carbocycles. The molecule has 150 valence electrons. The van der Waals surface area contributed by atoms with Crippen molar-refractivity contribution in [3.63, 3.8) is 0 Å². The van der Waals surface area contributed by atoms with Crippen LogP contribution in [0.3, 0.4) is 0 Å². The number of rotatable bonds is 10. The van der Waals surface area contributed by atoms with Crippen molar-refractivity contribution >= 4 is 23.5 Å². The lowest BCUT2D eigenvalue weighted by Gasteiger charge is -2.11. The maximum absolute atomic E-state index is 13.6. The molecule has 0 aliphatic rings. The maximum atomic E-state index is 13.6. The minimum Gasteiger partial charge on any atom is -0.490 e. The Balaban J connectivity index is 2.36. The Morgan fingerprint density at radius 1 is 0.846 bits per heavy atom. The van der Waals surface area contributed by atoms with Crippen molar-refractivity contribution in [2.24, 2.45) is 0 Å². The van der Waals surface area contributed by atoms with Crippen LogP contribution >= 0.6 is 23.5 Å². The Morgan fingerprint density at radius 3 is 2.12 bits per heavy atom. The number of benzene rings is 1. The largest absolute Gasteiger partial charge is 0.490 e. The number of ether oxygens (including phenoxy) is 1. The van der Waals surface area contributed by atoms with Crippen LogP contribution < -0.4 is 4.74 Å². The summed E-state index contributed by atoms with van der Waals surface area (Å²) in [6.45, 7) is 0.0261. The van der Waals surface area contributed by atoms with Gasteiger partial charge in [0.2, 0.25) is 0 Å². The molecule has 0 heterocycles. The number of hydrogen-bond acceptors (Lipinski definition) is 3. The Labute approximate surface area is 153 Å². The number of hydrogen-bond donors (Lipinski definition) is 0. The van der Waals surface area contributed by atoms with E-state index in [-0.39, 0.29) is 46.5 Å². The highest BCUT2D eigenvalue weighted by atomic mass is 32.2. The molecule has 0 saturated heterocycles. The van der Waals surface area contributed by atoms with Crippen LogP contribution in [0.1, 0.15) is 25.7 Å². The summed E-state index contributed by atoms with van der Waals surface area (Å²) in [6, 6.07) is 1.34. The standard InChI is InChI=1S/C15H16F8OS2/c16-10-7-11(17)13(25-9-14(18,19)20)8-12(10)24-5-3-1-2-4-6-26-15(21,22)23/h7-8H,1-6,9H2. The second-order valence-corrected chi connectivity index (χ2v) is 7.35. The van der Waals surface area contributed by atoms with E-state index in [4.69, 9.17) is 4.74 Å². The fourth-order valence-electron chi connectivity index (χ4n) is 1.82. The molecule has 0 aliphatic heterocycles. The summed E-state index contributed by atoms with van der Waals surface area (Å²) < 4.78 is 104. The van der Waals surface area contributed by atoms with Crippen molar-refractivity contribution in [2.45, 2.75) is 42.3 Å². The minimum atomic E-state index is -4.49. The molecule has 0 fully saturated rings. The van der Waals surface area contributed by atoms with Crippen LogP contribution in [0.2, 0.25) is 0 Å². The molecular weight excluding hydrogens is 412 g/mol. The van der Waals surface area contributed by atoms with Crippen LogP contribution in [-0.4, -0.2) is 29.8 Å². The molecule has 0 saturated carbocycles. The third kappa shape index (κ3) is 10.3. The molecular formula is C15H16F8OS2. The fourth-order valence-corrected chi connectivity index (χ4v) is 3.11. The highest BCUT2D eigenvalue weighted by Crippen LogP contribution is 2.33. The summed E-state index contributed by atoms with van der Waals surface area (Å²) in [5.41, 5.74) is -4.24. The first-order valence-corrected chi connectivity index (χ1v) is 9.47. The van der Waals surface area contributed by atoms with Gasteiger partial charge >= 0.3 is 11.7 Å². The van der Waals surface area contributed by atoms with E-state index in [2.05, 4.69) is 0 Å². The summed E-state index contributed by atoms with van der Waals surface area (Å²) in [6.07, 6.45) is -2.61. The molecule has 26 heavy (non-hydrogen) atoms. The molecule has 0 radical (unpaired) electrons. The van der Waals surface area contributed by atoms with E-state index in [0.717, 1.165) is 6.07 Å². The van der Waals surface area contributed by atoms with Crippen molar-refractivity contribution in [3.05, 3.63) is 23.8 Å². The van der Waals surface area contributed by atoms with Crippen LogP contribution in [0.25, 0.3) is 0 Å². The highest BCUT2D eigenvalue weighted by molar-refractivity contribution is 8.00. The van der Waals surface area contributed by atoms with E-state index in [1.54, 1.807) is 0 Å². The smallest absolute Gasteiger partial charge is 0.441 e. The van der Waals surface area contributed by atoms with Crippen LogP contribution in [-0.2, 0) is 0 Å². The Hall–Kier alpha value is -0.840. The zero-order chi connectivity index (χ0) is 19.8. The highest BCUT2D eigenvalue weighted by Gasteiger charge is 2.28. The molecule has 0 N–H and O–H groups in total. The normalized spacial score (nSPS) is 12.5. The van der Waals surface area contributed by atoms with Gasteiger partial charge in [-0.15, -0.1) is 11.8 Å². The first-order chi connectivity index (χ1) is 12.0. The molecule has 1 nitrogen and oxygen atoms in total. The first-order valence-electron chi connectivity index (χ1n) is 7.50. The zero-order valence-corrected chi connectivity index (χ0v) is 15.0. The molecule has 1 aromatic rings. The van der Waals surface area contributed by atoms with Crippen molar-refractivity contribution in [1.29, 1.82) is 0 Å². The summed E-state index contributed by atoms with van der Waals surface area (Å²) in [7, 11) is 0. The number of thioether (sulfide) groups is 2. The average molecular weight is 428 g/mol. The van der Waals surface area contributed by atoms with Crippen molar-refractivity contribution in [1.82, 2.24) is 0 Å². The average Bonchev–Trinajstić information content (AvgIpc) is 2.48. The molecule has 0 bridgehead atoms. The van der Waals surface area contributed by atoms with Gasteiger partial charge in [-0.2, -0.15) is 26.3 Å². The van der Waals surface area contributed by atoms with Crippen LogP contribution in [0.5, 0.6) is 5.75 Å². The number of halogens is 8. The first kappa shape index (κ1) is 23.2. The van der Waals surface area contributed by atoms with Crippen molar-refractivity contribution in [2.75, 3.05) is 18.1 Å². The third-order valence-corrected chi connectivity index (χ3v) is 4.86. The number of alkyl halides is 6. The predicted molar refractivity (Wildman–Crippen MR) is 85.6 cm³/mol. The lowest BCUT2D eigenvalue weighted by atomic mass is 10.2. The van der Waals surface area contributed by atoms with Gasteiger partial charge in [-0.25, -0.2) is 8.78 Å². The van der Waals surface area contributed by atoms with Crippen molar-refractivity contribution in [3.8, 4) is 5.75 Å². The number of unbranched alkanes of at least 4 members (excludes halogenated alkanes) is 3. The van der Waals surface area contributed by atoms with Gasteiger partial charge < -0.3 is 4.74 Å². The van der Waals surface area contributed by atoms with Gasteiger partial charge in [-0.3, -0.25) is 0 Å². The maximum Gasteiger partial charge on any atom is 0.441 e. The SMILES string of the molecule is Fc1cc(F)c(SCC(F)(F)F)cc1OCCCCCCSC(F)(F)F. The summed E-state index contributed by atoms with van der Waals surface area (Å²) >= 11 is 0.0974. The lowest BCUT2D eigenvalue weighted by Crippen LogP contribution is -2.11. The van der Waals surface area contributed by atoms with E-state index in [9.17, 15) is 35.1 Å². The predicted octanol–water partition coefficient (Wildman–Crippen LogP) is 6.81. The minimum absolute atomic E-state index is 0.0261. The second-order valence-electron chi connectivity index (χ2n) is 5.17. The summed E-state index contributed by atoms with van der Waals surface area (Å²) in [5.74, 6) is -3.85. The Morgan fingerprint density at radius 2 is 1.50 bits per heavy atom. The summed E-state index contributed by atoms with van der Waals surface area (Å²) in [5, 5.41) is 0. The van der Waals surface area contributed by atoms with Crippen LogP contribution in [0.15, 0.2) is 17.0 Å². The quantitative estimate of drug-likeness (QED) is 0.230. The molecule has 1 aromatic carbocycles. The van der Waals surface area contributed by atoms with Crippen LogP contribution in [0, 0.1) is 11.6 Å². The third-order valence-electron chi connectivity index (χ3n) is 2.94. The van der Waals surface area contributed by atoms with Gasteiger partial charge in [0, 0.05) is 16.7 Å². The Bertz CT molecular complexity index is 560. The molecule has 0 amide bonds. The van der Waals surface area contributed by atoms with Crippen LogP contribution in [0.4, 0.5) is 35.1 Å². The van der Waals surface area contributed by atoms with Gasteiger partial charge in [0.05, 0.1) is 12.4 Å². The molecule has 0 atom stereocenters. The topological polar surface area (TPSA) is 9.23 Å². The van der Waals surface area contributed by atoms with E-state index in [1.807, 2.05) is 0 Å². The van der Waals surface area contributed by atoms with E-state index in [1.165, 1.54) is 0 Å². The van der Waals surface area contributed by atoms with E-state index >= 15 is 0 Å². The monoisotopic (exact) mass is 428 g/mol. The van der Waals surface area contributed by atoms with Gasteiger partial charge in [0.25, 0.3) is 0 Å². The molecule has 0 aromatic heterocycles. The van der Waals surface area contributed by atoms with E-state index in [0.29, 0.717) is 31.7 Å². The lowest BCUT2D eigenvalue weighted by molar-refractivity contribution is -0.105. The van der Waals surface area contributed by atoms with Crippen molar-refractivity contribution < 1.29 is 39.9 Å². The molecule has 11 heteroatoms. The van der Waals surface area contributed by atoms with Gasteiger partial charge in [-0.1, -0.05) is 24.6 Å². The molecule has 0 spiro atoms. The van der Waals surface area contributed by atoms with Gasteiger partial charge in [0.1, 0.15) is 5.82 Å². The van der Waals surface area contributed by atoms with Gasteiger partial charge in [-0.05, 0) is 18.9 Å². The molecule has 0 unspecified atom stereocenters. The van der Waals surface area contributed by atoms with E-state index < -0.39 is 29.1 Å². The zero-order valence-electron chi connectivity index (χ0n) is 13.4. The second kappa shape index (κ2) is 10.5. The Kier molecular flexibility index (Phi) is 9.35.